The first kappa shape index (κ1) is 16.0. The molecule has 120 valence electrons. The van der Waals surface area contributed by atoms with E-state index in [2.05, 4.69) is 9.71 Å². The van der Waals surface area contributed by atoms with Crippen LogP contribution >= 0.6 is 11.8 Å². The van der Waals surface area contributed by atoms with E-state index in [9.17, 15) is 8.42 Å². The number of sulfonamides is 1. The highest BCUT2D eigenvalue weighted by molar-refractivity contribution is 7.98. The smallest absolute Gasteiger partial charge is 0.242 e. The van der Waals surface area contributed by atoms with Gasteiger partial charge in [-0.15, -0.1) is 0 Å². The van der Waals surface area contributed by atoms with Crippen LogP contribution in [-0.4, -0.2) is 25.7 Å². The number of fused-ring (bicyclic) bond motifs is 1. The summed E-state index contributed by atoms with van der Waals surface area (Å²) in [6.07, 6.45) is 3.23. The number of furan rings is 1. The molecular weight excluding hydrogens is 332 g/mol. The third-order valence-electron chi connectivity index (χ3n) is 3.25. The lowest BCUT2D eigenvalue weighted by atomic mass is 10.2. The third kappa shape index (κ3) is 3.93. The Labute approximate surface area is 139 Å². The number of pyridine rings is 1. The lowest BCUT2D eigenvalue weighted by Crippen LogP contribution is -2.26. The SMILES string of the molecule is O=S(=O)(NCCSCc1ccco1)c1cccc2cccnc12. The van der Waals surface area contributed by atoms with E-state index < -0.39 is 10.0 Å². The summed E-state index contributed by atoms with van der Waals surface area (Å²) >= 11 is 1.61. The van der Waals surface area contributed by atoms with Crippen LogP contribution in [0.2, 0.25) is 0 Å². The molecule has 23 heavy (non-hydrogen) atoms. The Morgan fingerprint density at radius 3 is 2.83 bits per heavy atom. The number of hydrogen-bond donors (Lipinski definition) is 1. The Morgan fingerprint density at radius 2 is 2.00 bits per heavy atom. The highest BCUT2D eigenvalue weighted by Crippen LogP contribution is 2.20. The molecule has 7 heteroatoms. The van der Waals surface area contributed by atoms with E-state index in [1.807, 2.05) is 24.3 Å². The van der Waals surface area contributed by atoms with Gasteiger partial charge in [0.1, 0.15) is 10.7 Å². The van der Waals surface area contributed by atoms with Crippen molar-refractivity contribution in [2.24, 2.45) is 0 Å². The number of hydrogen-bond acceptors (Lipinski definition) is 5. The van der Waals surface area contributed by atoms with Crippen LogP contribution in [0.5, 0.6) is 0 Å². The standard InChI is InChI=1S/C16H16N2O3S2/c19-23(20,18-9-11-22-12-14-6-3-10-21-14)15-7-1-4-13-5-2-8-17-16(13)15/h1-8,10,18H,9,11-12H2. The molecule has 3 rings (SSSR count). The first-order valence-electron chi connectivity index (χ1n) is 7.10. The molecule has 0 aliphatic rings. The normalized spacial score (nSPS) is 11.8. The summed E-state index contributed by atoms with van der Waals surface area (Å²) in [5, 5.41) is 0.808. The molecule has 0 spiro atoms. The topological polar surface area (TPSA) is 72.2 Å². The van der Waals surface area contributed by atoms with Gasteiger partial charge < -0.3 is 4.42 Å². The second kappa shape index (κ2) is 7.16. The molecule has 0 fully saturated rings. The molecular formula is C16H16N2O3S2. The molecule has 1 aromatic carbocycles. The fourth-order valence-electron chi connectivity index (χ4n) is 2.19. The van der Waals surface area contributed by atoms with E-state index in [-0.39, 0.29) is 4.90 Å². The van der Waals surface area contributed by atoms with Gasteiger partial charge in [-0.05, 0) is 24.3 Å². The maximum atomic E-state index is 12.5. The minimum Gasteiger partial charge on any atom is -0.468 e. The summed E-state index contributed by atoms with van der Waals surface area (Å²) in [5.41, 5.74) is 0.491. The van der Waals surface area contributed by atoms with Gasteiger partial charge in [-0.2, -0.15) is 11.8 Å². The van der Waals surface area contributed by atoms with E-state index in [4.69, 9.17) is 4.42 Å². The molecule has 0 unspecified atom stereocenters. The van der Waals surface area contributed by atoms with E-state index in [0.29, 0.717) is 17.8 Å². The number of aromatic nitrogens is 1. The van der Waals surface area contributed by atoms with Crippen molar-refractivity contribution in [1.82, 2.24) is 9.71 Å². The van der Waals surface area contributed by atoms with Crippen molar-refractivity contribution < 1.29 is 12.8 Å². The van der Waals surface area contributed by atoms with E-state index in [1.54, 1.807) is 42.4 Å². The zero-order chi connectivity index (χ0) is 16.1. The van der Waals surface area contributed by atoms with Gasteiger partial charge in [0.2, 0.25) is 10.0 Å². The summed E-state index contributed by atoms with van der Waals surface area (Å²) < 4.78 is 32.8. The molecule has 0 saturated heterocycles. The predicted molar refractivity (Wildman–Crippen MR) is 91.8 cm³/mol. The average Bonchev–Trinajstić information content (AvgIpc) is 3.07. The Kier molecular flexibility index (Phi) is 5.00. The number of benzene rings is 1. The van der Waals surface area contributed by atoms with Crippen molar-refractivity contribution in [2.45, 2.75) is 10.6 Å². The van der Waals surface area contributed by atoms with Crippen LogP contribution in [0.1, 0.15) is 5.76 Å². The van der Waals surface area contributed by atoms with Gasteiger partial charge in [-0.1, -0.05) is 18.2 Å². The van der Waals surface area contributed by atoms with Gasteiger partial charge in [0, 0.05) is 23.9 Å². The molecule has 2 aromatic heterocycles. The number of rotatable bonds is 7. The van der Waals surface area contributed by atoms with Gasteiger partial charge in [-0.3, -0.25) is 4.98 Å². The molecule has 5 nitrogen and oxygen atoms in total. The quantitative estimate of drug-likeness (QED) is 0.665. The first-order valence-corrected chi connectivity index (χ1v) is 9.74. The first-order chi connectivity index (χ1) is 11.2. The molecule has 0 amide bonds. The molecule has 0 bridgehead atoms. The number of para-hydroxylation sites is 1. The largest absolute Gasteiger partial charge is 0.468 e. The monoisotopic (exact) mass is 348 g/mol. The second-order valence-corrected chi connectivity index (χ2v) is 7.70. The minimum atomic E-state index is -3.57. The maximum absolute atomic E-state index is 12.5. The van der Waals surface area contributed by atoms with Crippen LogP contribution in [0, 0.1) is 0 Å². The fraction of sp³-hybridized carbons (Fsp3) is 0.188. The van der Waals surface area contributed by atoms with Crippen molar-refractivity contribution >= 4 is 32.7 Å². The third-order valence-corrected chi connectivity index (χ3v) is 5.72. The number of nitrogens with zero attached hydrogens (tertiary/aromatic N) is 1. The summed E-state index contributed by atoms with van der Waals surface area (Å²) in [4.78, 5) is 4.40. The van der Waals surface area contributed by atoms with Crippen LogP contribution in [0.25, 0.3) is 10.9 Å². The molecule has 0 saturated carbocycles. The van der Waals surface area contributed by atoms with Crippen molar-refractivity contribution in [3.8, 4) is 0 Å². The Bertz CT molecular complexity index is 872. The lowest BCUT2D eigenvalue weighted by molar-refractivity contribution is 0.530. The molecule has 0 radical (unpaired) electrons. The van der Waals surface area contributed by atoms with Gasteiger partial charge in [-0.25, -0.2) is 13.1 Å². The summed E-state index contributed by atoms with van der Waals surface area (Å²) in [6.45, 7) is 0.358. The molecule has 1 N–H and O–H groups in total. The van der Waals surface area contributed by atoms with Gasteiger partial charge in [0.15, 0.2) is 0 Å². The Hall–Kier alpha value is -1.83. The maximum Gasteiger partial charge on any atom is 0.242 e. The van der Waals surface area contributed by atoms with Crippen LogP contribution in [0.4, 0.5) is 0 Å². The van der Waals surface area contributed by atoms with Crippen LogP contribution in [0.3, 0.4) is 0 Å². The molecule has 2 heterocycles. The molecule has 3 aromatic rings. The van der Waals surface area contributed by atoms with E-state index >= 15 is 0 Å². The lowest BCUT2D eigenvalue weighted by Gasteiger charge is -2.08. The van der Waals surface area contributed by atoms with E-state index in [0.717, 1.165) is 16.9 Å². The summed E-state index contributed by atoms with van der Waals surface area (Å²) in [7, 11) is -3.57. The molecule has 0 atom stereocenters. The zero-order valence-electron chi connectivity index (χ0n) is 12.3. The van der Waals surface area contributed by atoms with Crippen LogP contribution in [-0.2, 0) is 15.8 Å². The zero-order valence-corrected chi connectivity index (χ0v) is 13.9. The van der Waals surface area contributed by atoms with E-state index in [1.165, 1.54) is 0 Å². The molecule has 0 aliphatic heterocycles. The van der Waals surface area contributed by atoms with Crippen molar-refractivity contribution in [1.29, 1.82) is 0 Å². The van der Waals surface area contributed by atoms with Gasteiger partial charge in [0.25, 0.3) is 0 Å². The van der Waals surface area contributed by atoms with Gasteiger partial charge >= 0.3 is 0 Å². The summed E-state index contributed by atoms with van der Waals surface area (Å²) in [6, 6.07) is 12.5. The number of thioether (sulfide) groups is 1. The van der Waals surface area contributed by atoms with Crippen LogP contribution < -0.4 is 4.72 Å². The predicted octanol–water partition coefficient (Wildman–Crippen LogP) is 3.04. The Balaban J connectivity index is 1.62. The van der Waals surface area contributed by atoms with Crippen molar-refractivity contribution in [2.75, 3.05) is 12.3 Å². The summed E-state index contributed by atoms with van der Waals surface area (Å²) in [5.74, 6) is 2.28. The average molecular weight is 348 g/mol. The number of nitrogens with one attached hydrogen (secondary N) is 1. The second-order valence-electron chi connectivity index (χ2n) is 4.86. The highest BCUT2D eigenvalue weighted by Gasteiger charge is 2.17. The van der Waals surface area contributed by atoms with Gasteiger partial charge in [0.05, 0.1) is 17.5 Å². The van der Waals surface area contributed by atoms with Crippen molar-refractivity contribution in [3.63, 3.8) is 0 Å². The molecule has 0 aliphatic carbocycles. The van der Waals surface area contributed by atoms with Crippen LogP contribution in [0.15, 0.2) is 64.2 Å². The van der Waals surface area contributed by atoms with Crippen molar-refractivity contribution in [3.05, 3.63) is 60.7 Å². The fourth-order valence-corrected chi connectivity index (χ4v) is 4.28. The highest BCUT2D eigenvalue weighted by atomic mass is 32.2. The Morgan fingerprint density at radius 1 is 1.13 bits per heavy atom. The minimum absolute atomic E-state index is 0.214.